The molecule has 0 aliphatic heterocycles. The molecule has 1 heterocycles. The van der Waals surface area contributed by atoms with Gasteiger partial charge < -0.3 is 11.5 Å². The molecule has 4 N–H and O–H groups in total. The van der Waals surface area contributed by atoms with Crippen LogP contribution in [0.4, 0.5) is 0 Å². The Labute approximate surface area is 105 Å². The second-order valence-corrected chi connectivity index (χ2v) is 4.08. The first-order valence-electron chi connectivity index (χ1n) is 5.83. The van der Waals surface area contributed by atoms with E-state index < -0.39 is 5.91 Å². The molecule has 1 atom stereocenters. The summed E-state index contributed by atoms with van der Waals surface area (Å²) in [5.41, 5.74) is 13.4. The molecule has 0 bridgehead atoms. The van der Waals surface area contributed by atoms with Gasteiger partial charge in [-0.1, -0.05) is 25.1 Å². The number of carbonyl (C=O) groups excluding carboxylic acids is 1. The van der Waals surface area contributed by atoms with Crippen molar-refractivity contribution >= 4 is 5.91 Å². The minimum atomic E-state index is -0.536. The topological polar surface area (TPSA) is 86.9 Å². The van der Waals surface area contributed by atoms with E-state index in [-0.39, 0.29) is 11.7 Å². The van der Waals surface area contributed by atoms with Crippen LogP contribution in [0.3, 0.4) is 0 Å². The van der Waals surface area contributed by atoms with Crippen LogP contribution in [-0.2, 0) is 0 Å². The van der Waals surface area contributed by atoms with Crippen LogP contribution < -0.4 is 11.5 Å². The van der Waals surface area contributed by atoms with E-state index in [0.717, 1.165) is 17.7 Å². The van der Waals surface area contributed by atoms with Crippen LogP contribution >= 0.6 is 0 Å². The van der Waals surface area contributed by atoms with E-state index >= 15 is 0 Å². The lowest BCUT2D eigenvalue weighted by Gasteiger charge is -2.14. The van der Waals surface area contributed by atoms with Crippen molar-refractivity contribution in [2.75, 3.05) is 0 Å². The van der Waals surface area contributed by atoms with E-state index in [2.05, 4.69) is 5.10 Å². The molecular formula is C13H16N4O. The van der Waals surface area contributed by atoms with Crippen molar-refractivity contribution in [1.82, 2.24) is 9.78 Å². The van der Waals surface area contributed by atoms with Gasteiger partial charge in [0.1, 0.15) is 5.69 Å². The fourth-order valence-corrected chi connectivity index (χ4v) is 1.82. The Morgan fingerprint density at radius 1 is 1.39 bits per heavy atom. The highest BCUT2D eigenvalue weighted by molar-refractivity contribution is 5.90. The quantitative estimate of drug-likeness (QED) is 0.851. The van der Waals surface area contributed by atoms with Crippen LogP contribution in [0.2, 0.25) is 0 Å². The number of primary amides is 1. The summed E-state index contributed by atoms with van der Waals surface area (Å²) in [4.78, 5) is 11.0. The van der Waals surface area contributed by atoms with Crippen LogP contribution in [0.25, 0.3) is 5.69 Å². The van der Waals surface area contributed by atoms with Crippen LogP contribution in [-0.4, -0.2) is 15.7 Å². The summed E-state index contributed by atoms with van der Waals surface area (Å²) in [5, 5.41) is 4.14. The standard InChI is InChI=1S/C13H16N4O/c1-2-10(14)9-5-3-4-6-12(9)17-8-7-11(16-17)13(15)18/h3-8,10H,2,14H2,1H3,(H2,15,18)/t10-/m1/s1. The molecule has 0 spiro atoms. The van der Waals surface area contributed by atoms with E-state index in [0.29, 0.717) is 0 Å². The lowest BCUT2D eigenvalue weighted by atomic mass is 10.0. The number of hydrogen-bond donors (Lipinski definition) is 2. The summed E-state index contributed by atoms with van der Waals surface area (Å²) in [7, 11) is 0. The van der Waals surface area contributed by atoms with Crippen LogP contribution in [0.1, 0.15) is 35.4 Å². The molecule has 0 aliphatic carbocycles. The van der Waals surface area contributed by atoms with Crippen LogP contribution in [0, 0.1) is 0 Å². The van der Waals surface area contributed by atoms with E-state index in [1.165, 1.54) is 0 Å². The summed E-state index contributed by atoms with van der Waals surface area (Å²) in [5.74, 6) is -0.536. The zero-order valence-electron chi connectivity index (χ0n) is 10.2. The predicted molar refractivity (Wildman–Crippen MR) is 69.3 cm³/mol. The van der Waals surface area contributed by atoms with Gasteiger partial charge in [-0.3, -0.25) is 4.79 Å². The van der Waals surface area contributed by atoms with E-state index in [1.54, 1.807) is 16.9 Å². The molecule has 5 nitrogen and oxygen atoms in total. The van der Waals surface area contributed by atoms with Gasteiger partial charge in [-0.15, -0.1) is 0 Å². The first kappa shape index (κ1) is 12.3. The maximum atomic E-state index is 11.0. The molecule has 1 aromatic carbocycles. The summed E-state index contributed by atoms with van der Waals surface area (Å²) in [6.45, 7) is 2.03. The maximum Gasteiger partial charge on any atom is 0.269 e. The highest BCUT2D eigenvalue weighted by atomic mass is 16.1. The van der Waals surface area contributed by atoms with Gasteiger partial charge in [0, 0.05) is 12.2 Å². The number of para-hydroxylation sites is 1. The smallest absolute Gasteiger partial charge is 0.269 e. The minimum Gasteiger partial charge on any atom is -0.364 e. The Balaban J connectivity index is 2.46. The molecule has 18 heavy (non-hydrogen) atoms. The highest BCUT2D eigenvalue weighted by Crippen LogP contribution is 2.21. The molecule has 0 aliphatic rings. The molecule has 0 saturated carbocycles. The van der Waals surface area contributed by atoms with Gasteiger partial charge >= 0.3 is 0 Å². The molecule has 2 rings (SSSR count). The Morgan fingerprint density at radius 3 is 2.72 bits per heavy atom. The van der Waals surface area contributed by atoms with Gasteiger partial charge in [-0.2, -0.15) is 5.10 Å². The maximum absolute atomic E-state index is 11.0. The predicted octanol–water partition coefficient (Wildman–Crippen LogP) is 1.38. The fraction of sp³-hybridized carbons (Fsp3) is 0.231. The Bertz CT molecular complexity index is 562. The number of nitrogens with two attached hydrogens (primary N) is 2. The number of hydrogen-bond acceptors (Lipinski definition) is 3. The second-order valence-electron chi connectivity index (χ2n) is 4.08. The fourth-order valence-electron chi connectivity index (χ4n) is 1.82. The van der Waals surface area contributed by atoms with Crippen LogP contribution in [0.5, 0.6) is 0 Å². The molecule has 0 radical (unpaired) electrons. The minimum absolute atomic E-state index is 0.0533. The van der Waals surface area contributed by atoms with Crippen molar-refractivity contribution in [2.24, 2.45) is 11.5 Å². The Hall–Kier alpha value is -2.14. The third-order valence-electron chi connectivity index (χ3n) is 2.86. The lowest BCUT2D eigenvalue weighted by Crippen LogP contribution is -2.14. The normalized spacial score (nSPS) is 12.3. The van der Waals surface area contributed by atoms with E-state index in [9.17, 15) is 4.79 Å². The molecule has 94 valence electrons. The Morgan fingerprint density at radius 2 is 2.11 bits per heavy atom. The molecule has 1 aromatic heterocycles. The van der Waals surface area contributed by atoms with Gasteiger partial charge in [0.15, 0.2) is 0 Å². The summed E-state index contributed by atoms with van der Waals surface area (Å²) < 4.78 is 1.63. The number of amides is 1. The number of nitrogens with zero attached hydrogens (tertiary/aromatic N) is 2. The molecule has 2 aromatic rings. The van der Waals surface area contributed by atoms with Gasteiger partial charge in [0.2, 0.25) is 0 Å². The first-order valence-corrected chi connectivity index (χ1v) is 5.83. The lowest BCUT2D eigenvalue weighted by molar-refractivity contribution is 0.0995. The van der Waals surface area contributed by atoms with Gasteiger partial charge in [-0.25, -0.2) is 4.68 Å². The zero-order valence-corrected chi connectivity index (χ0v) is 10.2. The molecule has 0 saturated heterocycles. The number of rotatable bonds is 4. The van der Waals surface area contributed by atoms with Crippen molar-refractivity contribution in [2.45, 2.75) is 19.4 Å². The van der Waals surface area contributed by atoms with Gasteiger partial charge in [-0.05, 0) is 24.1 Å². The van der Waals surface area contributed by atoms with Crippen molar-refractivity contribution in [3.63, 3.8) is 0 Å². The first-order chi connectivity index (χ1) is 8.63. The average molecular weight is 244 g/mol. The SMILES string of the molecule is CC[C@@H](N)c1ccccc1-n1ccc(C(N)=O)n1. The van der Waals surface area contributed by atoms with Crippen molar-refractivity contribution in [1.29, 1.82) is 0 Å². The monoisotopic (exact) mass is 244 g/mol. The third kappa shape index (κ3) is 2.26. The van der Waals surface area contributed by atoms with Gasteiger partial charge in [0.25, 0.3) is 5.91 Å². The Kier molecular flexibility index (Phi) is 3.43. The second kappa shape index (κ2) is 5.01. The number of aromatic nitrogens is 2. The van der Waals surface area contributed by atoms with Gasteiger partial charge in [0.05, 0.1) is 5.69 Å². The molecule has 0 fully saturated rings. The van der Waals surface area contributed by atoms with E-state index in [1.807, 2.05) is 31.2 Å². The summed E-state index contributed by atoms with van der Waals surface area (Å²) in [6, 6.07) is 9.27. The number of benzene rings is 1. The number of carbonyl (C=O) groups is 1. The summed E-state index contributed by atoms with van der Waals surface area (Å²) in [6.07, 6.45) is 2.54. The largest absolute Gasteiger partial charge is 0.364 e. The average Bonchev–Trinajstić information content (AvgIpc) is 2.87. The highest BCUT2D eigenvalue weighted by Gasteiger charge is 2.12. The zero-order chi connectivity index (χ0) is 13.1. The van der Waals surface area contributed by atoms with Crippen molar-refractivity contribution in [3.05, 3.63) is 47.8 Å². The van der Waals surface area contributed by atoms with E-state index in [4.69, 9.17) is 11.5 Å². The molecular weight excluding hydrogens is 228 g/mol. The van der Waals surface area contributed by atoms with Crippen molar-refractivity contribution in [3.8, 4) is 5.69 Å². The van der Waals surface area contributed by atoms with Crippen LogP contribution in [0.15, 0.2) is 36.5 Å². The third-order valence-corrected chi connectivity index (χ3v) is 2.86. The summed E-state index contributed by atoms with van der Waals surface area (Å²) >= 11 is 0. The molecule has 5 heteroatoms. The molecule has 0 unspecified atom stereocenters. The van der Waals surface area contributed by atoms with Crippen molar-refractivity contribution < 1.29 is 4.79 Å². The molecule has 1 amide bonds.